The first-order valence-corrected chi connectivity index (χ1v) is 12.0. The number of nitrogens with zero attached hydrogens (tertiary/aromatic N) is 2. The summed E-state index contributed by atoms with van der Waals surface area (Å²) in [5, 5.41) is 0. The van der Waals surface area contributed by atoms with Crippen LogP contribution in [0.2, 0.25) is 0 Å². The highest BCUT2D eigenvalue weighted by Crippen LogP contribution is 2.29. The van der Waals surface area contributed by atoms with Crippen molar-refractivity contribution in [2.24, 2.45) is 5.92 Å². The quantitative estimate of drug-likeness (QED) is 0.527. The summed E-state index contributed by atoms with van der Waals surface area (Å²) in [6, 6.07) is 13.0. The Kier molecular flexibility index (Phi) is 7.39. The first-order chi connectivity index (χ1) is 16.0. The summed E-state index contributed by atoms with van der Waals surface area (Å²) in [7, 11) is 0. The third-order valence-corrected chi connectivity index (χ3v) is 6.77. The van der Waals surface area contributed by atoms with Gasteiger partial charge in [0.05, 0.1) is 5.92 Å². The Morgan fingerprint density at radius 1 is 1.12 bits per heavy atom. The van der Waals surface area contributed by atoms with Crippen LogP contribution in [-0.4, -0.2) is 23.9 Å². The van der Waals surface area contributed by atoms with Crippen LogP contribution in [0.1, 0.15) is 43.0 Å². The van der Waals surface area contributed by atoms with Crippen molar-refractivity contribution in [1.82, 2.24) is 4.98 Å². The smallest absolute Gasteiger partial charge is 0.163 e. The minimum absolute atomic E-state index is 0.108. The highest BCUT2D eigenvalue weighted by molar-refractivity contribution is 5.97. The van der Waals surface area contributed by atoms with Gasteiger partial charge >= 0.3 is 0 Å². The Morgan fingerprint density at radius 3 is 2.61 bits per heavy atom. The summed E-state index contributed by atoms with van der Waals surface area (Å²) in [6.07, 6.45) is 15.1. The van der Waals surface area contributed by atoms with E-state index in [0.717, 1.165) is 28.8 Å². The zero-order valence-electron chi connectivity index (χ0n) is 19.9. The molecule has 1 aliphatic heterocycles. The molecule has 2 aromatic rings. The molecule has 2 heterocycles. The number of hydrogen-bond acceptors (Lipinski definition) is 3. The van der Waals surface area contributed by atoms with Crippen LogP contribution in [0, 0.1) is 12.8 Å². The standard InChI is InChI=1S/C30H34N2O/c1-22(20-25-10-14-27(15-11-25)32-18-5-4-6-19-32)9-12-26-13-16-30(33)28(24(26)3)21-29-23(2)8-7-17-31-29/h7-17,28H,3-6,18-21H2,1-2H3/b22-9+,26-12-. The molecule has 4 rings (SSSR count). The van der Waals surface area contributed by atoms with E-state index in [2.05, 4.69) is 59.8 Å². The number of carbonyl (C=O) groups excluding carboxylic acids is 1. The van der Waals surface area contributed by atoms with E-state index in [-0.39, 0.29) is 11.7 Å². The molecule has 1 atom stereocenters. The molecule has 0 bridgehead atoms. The minimum Gasteiger partial charge on any atom is -0.372 e. The van der Waals surface area contributed by atoms with Crippen molar-refractivity contribution in [3.8, 4) is 0 Å². The first kappa shape index (κ1) is 23.0. The number of benzene rings is 1. The molecular formula is C30H34N2O. The Labute approximate surface area is 198 Å². The summed E-state index contributed by atoms with van der Waals surface area (Å²) in [6.45, 7) is 10.8. The van der Waals surface area contributed by atoms with E-state index in [0.29, 0.717) is 6.42 Å². The van der Waals surface area contributed by atoms with Crippen molar-refractivity contribution < 1.29 is 4.79 Å². The summed E-state index contributed by atoms with van der Waals surface area (Å²) < 4.78 is 0. The van der Waals surface area contributed by atoms with Crippen molar-refractivity contribution >= 4 is 11.5 Å². The van der Waals surface area contributed by atoms with E-state index < -0.39 is 0 Å². The second kappa shape index (κ2) is 10.6. The summed E-state index contributed by atoms with van der Waals surface area (Å²) in [5.74, 6) is -0.136. The van der Waals surface area contributed by atoms with Crippen LogP contribution in [0.3, 0.4) is 0 Å². The molecule has 1 aliphatic carbocycles. The average Bonchev–Trinajstić information content (AvgIpc) is 2.83. The second-order valence-corrected chi connectivity index (χ2v) is 9.31. The Balaban J connectivity index is 1.42. The Hall–Kier alpha value is -3.20. The summed E-state index contributed by atoms with van der Waals surface area (Å²) in [4.78, 5) is 19.5. The molecule has 1 saturated heterocycles. The largest absolute Gasteiger partial charge is 0.372 e. The van der Waals surface area contributed by atoms with Gasteiger partial charge in [0.2, 0.25) is 0 Å². The predicted molar refractivity (Wildman–Crippen MR) is 138 cm³/mol. The van der Waals surface area contributed by atoms with Crippen LogP contribution >= 0.6 is 0 Å². The predicted octanol–water partition coefficient (Wildman–Crippen LogP) is 6.35. The van der Waals surface area contributed by atoms with E-state index in [1.54, 1.807) is 12.3 Å². The fourth-order valence-electron chi connectivity index (χ4n) is 4.67. The maximum Gasteiger partial charge on any atom is 0.163 e. The lowest BCUT2D eigenvalue weighted by Crippen LogP contribution is -2.29. The van der Waals surface area contributed by atoms with Gasteiger partial charge in [-0.3, -0.25) is 9.78 Å². The van der Waals surface area contributed by atoms with Gasteiger partial charge in [0.1, 0.15) is 0 Å². The molecule has 1 fully saturated rings. The Bertz CT molecular complexity index is 1100. The number of carbonyl (C=O) groups is 1. The lowest BCUT2D eigenvalue weighted by molar-refractivity contribution is -0.117. The number of ketones is 1. The molecule has 0 amide bonds. The fraction of sp³-hybridized carbons (Fsp3) is 0.333. The van der Waals surface area contributed by atoms with Gasteiger partial charge in [-0.2, -0.15) is 0 Å². The number of rotatable bonds is 6. The number of piperidine rings is 1. The van der Waals surface area contributed by atoms with Crippen LogP contribution in [0.25, 0.3) is 0 Å². The minimum atomic E-state index is -0.245. The third-order valence-electron chi connectivity index (χ3n) is 6.77. The molecule has 1 unspecified atom stereocenters. The molecule has 0 spiro atoms. The molecule has 0 radical (unpaired) electrons. The lowest BCUT2D eigenvalue weighted by atomic mass is 9.81. The fourth-order valence-corrected chi connectivity index (χ4v) is 4.67. The van der Waals surface area contributed by atoms with E-state index in [4.69, 9.17) is 0 Å². The monoisotopic (exact) mass is 438 g/mol. The molecule has 1 aromatic carbocycles. The maximum atomic E-state index is 12.6. The molecule has 2 aliphatic rings. The third kappa shape index (κ3) is 5.78. The highest BCUT2D eigenvalue weighted by atomic mass is 16.1. The summed E-state index contributed by atoms with van der Waals surface area (Å²) in [5.41, 5.74) is 7.91. The van der Waals surface area contributed by atoms with Gasteiger partial charge in [0.25, 0.3) is 0 Å². The van der Waals surface area contributed by atoms with Crippen LogP contribution in [0.4, 0.5) is 5.69 Å². The van der Waals surface area contributed by atoms with Crippen LogP contribution in [0.15, 0.2) is 90.2 Å². The highest BCUT2D eigenvalue weighted by Gasteiger charge is 2.26. The topological polar surface area (TPSA) is 33.2 Å². The van der Waals surface area contributed by atoms with Crippen molar-refractivity contribution in [2.45, 2.75) is 46.0 Å². The van der Waals surface area contributed by atoms with E-state index >= 15 is 0 Å². The molecular weight excluding hydrogens is 404 g/mol. The van der Waals surface area contributed by atoms with E-state index in [1.165, 1.54) is 49.2 Å². The van der Waals surface area contributed by atoms with Gasteiger partial charge in [0, 0.05) is 37.1 Å². The Morgan fingerprint density at radius 2 is 1.88 bits per heavy atom. The van der Waals surface area contributed by atoms with Crippen LogP contribution < -0.4 is 4.90 Å². The molecule has 0 N–H and O–H groups in total. The molecule has 170 valence electrons. The number of aromatic nitrogens is 1. The van der Waals surface area contributed by atoms with Crippen LogP contribution in [-0.2, 0) is 17.6 Å². The normalized spacial score (nSPS) is 20.5. The zero-order valence-corrected chi connectivity index (χ0v) is 19.9. The number of hydrogen-bond donors (Lipinski definition) is 0. The van der Waals surface area contributed by atoms with Crippen LogP contribution in [0.5, 0.6) is 0 Å². The zero-order chi connectivity index (χ0) is 23.2. The molecule has 3 heteroatoms. The number of allylic oxidation sites excluding steroid dienone is 7. The number of aryl methyl sites for hydroxylation is 1. The lowest BCUT2D eigenvalue weighted by Gasteiger charge is -2.28. The van der Waals surface area contributed by atoms with Gasteiger partial charge in [0.15, 0.2) is 5.78 Å². The van der Waals surface area contributed by atoms with Gasteiger partial charge in [-0.05, 0) is 86.1 Å². The maximum absolute atomic E-state index is 12.6. The van der Waals surface area contributed by atoms with Crippen molar-refractivity contribution in [3.63, 3.8) is 0 Å². The SMILES string of the molecule is C=C1/C(=C\C=C(/C)Cc2ccc(N3CCCCC3)cc2)C=CC(=O)C1Cc1ncccc1C. The van der Waals surface area contributed by atoms with E-state index in [1.807, 2.05) is 25.1 Å². The van der Waals surface area contributed by atoms with Gasteiger partial charge < -0.3 is 4.90 Å². The van der Waals surface area contributed by atoms with E-state index in [9.17, 15) is 4.79 Å². The second-order valence-electron chi connectivity index (χ2n) is 9.31. The molecule has 33 heavy (non-hydrogen) atoms. The van der Waals surface area contributed by atoms with Crippen molar-refractivity contribution in [1.29, 1.82) is 0 Å². The average molecular weight is 439 g/mol. The van der Waals surface area contributed by atoms with Crippen molar-refractivity contribution in [3.05, 3.63) is 107 Å². The molecule has 1 aromatic heterocycles. The molecule has 0 saturated carbocycles. The van der Waals surface area contributed by atoms with Gasteiger partial charge in [-0.15, -0.1) is 0 Å². The van der Waals surface area contributed by atoms with Crippen molar-refractivity contribution in [2.75, 3.05) is 18.0 Å². The molecule has 3 nitrogen and oxygen atoms in total. The summed E-state index contributed by atoms with van der Waals surface area (Å²) >= 11 is 0. The number of pyridine rings is 1. The van der Waals surface area contributed by atoms with Gasteiger partial charge in [-0.25, -0.2) is 0 Å². The number of anilines is 1. The van der Waals surface area contributed by atoms with Gasteiger partial charge in [-0.1, -0.05) is 48.6 Å². The first-order valence-electron chi connectivity index (χ1n) is 12.0.